The molecule has 1 aromatic rings. The maximum atomic E-state index is 13.5. The van der Waals surface area contributed by atoms with Crippen LogP contribution in [-0.2, 0) is 14.3 Å². The van der Waals surface area contributed by atoms with Crippen molar-refractivity contribution < 1.29 is 18.7 Å². The lowest BCUT2D eigenvalue weighted by molar-refractivity contribution is -0.147. The van der Waals surface area contributed by atoms with Crippen molar-refractivity contribution in [2.24, 2.45) is 0 Å². The number of nitrogens with zero attached hydrogens (tertiary/aromatic N) is 1. The Morgan fingerprint density at radius 1 is 1.26 bits per heavy atom. The Morgan fingerprint density at radius 3 is 2.52 bits per heavy atom. The van der Waals surface area contributed by atoms with E-state index < -0.39 is 18.4 Å². The molecule has 0 spiro atoms. The highest BCUT2D eigenvalue weighted by Gasteiger charge is 2.12. The molecule has 1 rings (SSSR count). The van der Waals surface area contributed by atoms with Crippen LogP contribution in [0.5, 0.6) is 0 Å². The minimum absolute atomic E-state index is 0.239. The third-order valence-corrected chi connectivity index (χ3v) is 3.24. The van der Waals surface area contributed by atoms with E-state index in [1.54, 1.807) is 18.2 Å². The van der Waals surface area contributed by atoms with Gasteiger partial charge in [0.15, 0.2) is 6.61 Å². The van der Waals surface area contributed by atoms with Gasteiger partial charge in [-0.2, -0.15) is 0 Å². The molecule has 0 bridgehead atoms. The van der Waals surface area contributed by atoms with E-state index >= 15 is 0 Å². The first kappa shape index (κ1) is 18.8. The van der Waals surface area contributed by atoms with Gasteiger partial charge in [-0.1, -0.05) is 28.1 Å². The summed E-state index contributed by atoms with van der Waals surface area (Å²) in [4.78, 5) is 24.9. The van der Waals surface area contributed by atoms with Crippen LogP contribution in [0.1, 0.15) is 5.56 Å². The Bertz CT molecular complexity index is 618. The molecule has 23 heavy (non-hydrogen) atoms. The van der Waals surface area contributed by atoms with Gasteiger partial charge in [-0.05, 0) is 24.3 Å². The van der Waals surface area contributed by atoms with E-state index in [4.69, 9.17) is 4.74 Å². The van der Waals surface area contributed by atoms with E-state index in [9.17, 15) is 14.0 Å². The van der Waals surface area contributed by atoms with E-state index in [2.05, 4.69) is 29.1 Å². The van der Waals surface area contributed by atoms with Crippen molar-refractivity contribution in [2.45, 2.75) is 0 Å². The summed E-state index contributed by atoms with van der Waals surface area (Å²) in [6, 6.07) is 4.36. The molecule has 0 saturated heterocycles. The first-order valence-electron chi connectivity index (χ1n) is 6.77. The number of ether oxygens (including phenoxy) is 1. The number of rotatable bonds is 8. The average molecular weight is 382 g/mol. The molecule has 0 saturated carbocycles. The maximum Gasteiger partial charge on any atom is 0.331 e. The highest BCUT2D eigenvalue weighted by molar-refractivity contribution is 9.10. The third-order valence-electron chi connectivity index (χ3n) is 2.75. The first-order valence-corrected chi connectivity index (χ1v) is 7.56. The molecule has 0 heterocycles. The fraction of sp³-hybridized carbons (Fsp3) is 0.176. The molecular formula is C17H17BrFNO3. The SMILES string of the molecule is C=CCN(CC=C)C(=O)COC(=O)/C=C/c1cc(Br)ccc1F. The van der Waals surface area contributed by atoms with E-state index in [-0.39, 0.29) is 11.5 Å². The second-order valence-electron chi connectivity index (χ2n) is 4.48. The second-order valence-corrected chi connectivity index (χ2v) is 5.40. The number of halogens is 2. The van der Waals surface area contributed by atoms with Crippen molar-refractivity contribution in [3.63, 3.8) is 0 Å². The van der Waals surface area contributed by atoms with Crippen LogP contribution in [0, 0.1) is 5.82 Å². The molecule has 1 aromatic carbocycles. The highest BCUT2D eigenvalue weighted by Crippen LogP contribution is 2.16. The minimum atomic E-state index is -0.727. The molecule has 0 aliphatic rings. The van der Waals surface area contributed by atoms with Crippen LogP contribution in [0.15, 0.2) is 54.1 Å². The highest BCUT2D eigenvalue weighted by atomic mass is 79.9. The van der Waals surface area contributed by atoms with Crippen molar-refractivity contribution in [3.8, 4) is 0 Å². The Balaban J connectivity index is 2.57. The van der Waals surface area contributed by atoms with Gasteiger partial charge in [0, 0.05) is 29.2 Å². The molecule has 0 unspecified atom stereocenters. The Hall–Kier alpha value is -2.21. The molecule has 122 valence electrons. The van der Waals surface area contributed by atoms with Gasteiger partial charge in [0.2, 0.25) is 0 Å². The van der Waals surface area contributed by atoms with Crippen LogP contribution in [-0.4, -0.2) is 36.5 Å². The van der Waals surface area contributed by atoms with E-state index in [1.807, 2.05) is 0 Å². The van der Waals surface area contributed by atoms with Gasteiger partial charge in [-0.3, -0.25) is 4.79 Å². The molecule has 0 radical (unpaired) electrons. The summed E-state index contributed by atoms with van der Waals surface area (Å²) < 4.78 is 19.0. The van der Waals surface area contributed by atoms with Crippen LogP contribution in [0.25, 0.3) is 6.08 Å². The number of carbonyl (C=O) groups excluding carboxylic acids is 2. The van der Waals surface area contributed by atoms with Crippen molar-refractivity contribution >= 4 is 33.9 Å². The zero-order valence-corrected chi connectivity index (χ0v) is 14.1. The molecule has 0 aliphatic heterocycles. The molecule has 0 atom stereocenters. The van der Waals surface area contributed by atoms with E-state index in [0.29, 0.717) is 17.6 Å². The number of esters is 1. The van der Waals surface area contributed by atoms with Gasteiger partial charge >= 0.3 is 5.97 Å². The number of carbonyl (C=O) groups is 2. The molecule has 0 aromatic heterocycles. The topological polar surface area (TPSA) is 46.6 Å². The third kappa shape index (κ3) is 6.61. The van der Waals surface area contributed by atoms with Crippen LogP contribution in [0.3, 0.4) is 0 Å². The second kappa shape index (κ2) is 9.74. The number of benzene rings is 1. The zero-order chi connectivity index (χ0) is 17.2. The quantitative estimate of drug-likeness (QED) is 0.394. The average Bonchev–Trinajstić information content (AvgIpc) is 2.53. The van der Waals surface area contributed by atoms with Crippen LogP contribution in [0.4, 0.5) is 4.39 Å². The fourth-order valence-electron chi connectivity index (χ4n) is 1.66. The zero-order valence-electron chi connectivity index (χ0n) is 12.5. The molecule has 0 aliphatic carbocycles. The number of hydrogen-bond donors (Lipinski definition) is 0. The first-order chi connectivity index (χ1) is 11.0. The van der Waals surface area contributed by atoms with Crippen molar-refractivity contribution in [1.82, 2.24) is 4.90 Å². The van der Waals surface area contributed by atoms with Crippen LogP contribution >= 0.6 is 15.9 Å². The van der Waals surface area contributed by atoms with Crippen molar-refractivity contribution in [2.75, 3.05) is 19.7 Å². The lowest BCUT2D eigenvalue weighted by atomic mass is 10.2. The van der Waals surface area contributed by atoms with E-state index in [1.165, 1.54) is 23.1 Å². The minimum Gasteiger partial charge on any atom is -0.452 e. The van der Waals surface area contributed by atoms with Crippen molar-refractivity contribution in [1.29, 1.82) is 0 Å². The summed E-state index contributed by atoms with van der Waals surface area (Å²) in [7, 11) is 0. The number of hydrogen-bond acceptors (Lipinski definition) is 3. The van der Waals surface area contributed by atoms with E-state index in [0.717, 1.165) is 6.08 Å². The van der Waals surface area contributed by atoms with Gasteiger partial charge < -0.3 is 9.64 Å². The normalized spacial score (nSPS) is 10.3. The summed E-state index contributed by atoms with van der Waals surface area (Å²) in [5, 5.41) is 0. The molecule has 0 N–H and O–H groups in total. The van der Waals surface area contributed by atoms with Gasteiger partial charge in [0.25, 0.3) is 5.91 Å². The lowest BCUT2D eigenvalue weighted by Gasteiger charge is -2.18. The summed E-state index contributed by atoms with van der Waals surface area (Å²) in [5.74, 6) is -1.55. The molecular weight excluding hydrogens is 365 g/mol. The molecule has 4 nitrogen and oxygen atoms in total. The standard InChI is InChI=1S/C17H17BrFNO3/c1-3-9-20(10-4-2)16(21)12-23-17(22)8-5-13-11-14(18)6-7-15(13)19/h3-8,11H,1-2,9-10,12H2/b8-5+. The number of amides is 1. The Morgan fingerprint density at radius 2 is 1.91 bits per heavy atom. The van der Waals surface area contributed by atoms with Crippen molar-refractivity contribution in [3.05, 3.63) is 65.4 Å². The molecule has 0 fully saturated rings. The van der Waals surface area contributed by atoms with Gasteiger partial charge in [0.1, 0.15) is 5.82 Å². The van der Waals surface area contributed by atoms with Gasteiger partial charge in [0.05, 0.1) is 0 Å². The predicted molar refractivity (Wildman–Crippen MR) is 91.1 cm³/mol. The van der Waals surface area contributed by atoms with Gasteiger partial charge in [-0.15, -0.1) is 13.2 Å². The summed E-state index contributed by atoms with van der Waals surface area (Å²) >= 11 is 3.22. The maximum absolute atomic E-state index is 13.5. The molecule has 6 heteroatoms. The Labute approximate surface area is 143 Å². The summed E-state index contributed by atoms with van der Waals surface area (Å²) in [5.41, 5.74) is 0.239. The Kier molecular flexibility index (Phi) is 7.97. The molecule has 1 amide bonds. The van der Waals surface area contributed by atoms with Crippen LogP contribution < -0.4 is 0 Å². The summed E-state index contributed by atoms with van der Waals surface area (Å²) in [6.07, 6.45) is 5.50. The fourth-order valence-corrected chi connectivity index (χ4v) is 2.04. The lowest BCUT2D eigenvalue weighted by Crippen LogP contribution is -2.34. The largest absolute Gasteiger partial charge is 0.452 e. The summed E-state index contributed by atoms with van der Waals surface area (Å²) in [6.45, 7) is 7.38. The smallest absolute Gasteiger partial charge is 0.331 e. The monoisotopic (exact) mass is 381 g/mol. The van der Waals surface area contributed by atoms with Gasteiger partial charge in [-0.25, -0.2) is 9.18 Å². The predicted octanol–water partition coefficient (Wildman–Crippen LogP) is 3.35. The van der Waals surface area contributed by atoms with Crippen LogP contribution in [0.2, 0.25) is 0 Å².